The molecule has 0 aliphatic heterocycles. The first-order chi connectivity index (χ1) is 17.0. The minimum Gasteiger partial charge on any atom is -0.348 e. The number of hydrogen-bond donors (Lipinski definition) is 1. The van der Waals surface area contributed by atoms with Crippen molar-refractivity contribution in [3.63, 3.8) is 0 Å². The maximum Gasteiger partial charge on any atom is 0.253 e. The van der Waals surface area contributed by atoms with Gasteiger partial charge in [-0.2, -0.15) is 0 Å². The summed E-state index contributed by atoms with van der Waals surface area (Å²) in [6, 6.07) is 13.5. The number of aromatic nitrogens is 4. The van der Waals surface area contributed by atoms with Gasteiger partial charge in [-0.05, 0) is 41.5 Å². The summed E-state index contributed by atoms with van der Waals surface area (Å²) in [7, 11) is -3.26. The molecule has 2 heterocycles. The zero-order valence-electron chi connectivity index (χ0n) is 20.0. The summed E-state index contributed by atoms with van der Waals surface area (Å²) >= 11 is 12.5. The number of benzene rings is 2. The highest BCUT2D eigenvalue weighted by molar-refractivity contribution is 7.91. The van der Waals surface area contributed by atoms with Crippen LogP contribution in [0.25, 0.3) is 11.2 Å². The molecule has 188 valence electrons. The number of carbonyl (C=O) groups excluding carboxylic acids is 1. The summed E-state index contributed by atoms with van der Waals surface area (Å²) < 4.78 is 25.6. The first kappa shape index (κ1) is 26.1. The Morgan fingerprint density at radius 1 is 1.08 bits per heavy atom. The third kappa shape index (κ3) is 5.53. The molecular weight excluding hydrogens is 521 g/mol. The van der Waals surface area contributed by atoms with Gasteiger partial charge in [0, 0.05) is 28.2 Å². The van der Waals surface area contributed by atoms with Gasteiger partial charge >= 0.3 is 0 Å². The topological polar surface area (TPSA) is 107 Å². The average Bonchev–Trinajstić information content (AvgIpc) is 3.23. The van der Waals surface area contributed by atoms with E-state index in [0.717, 1.165) is 11.1 Å². The zero-order chi connectivity index (χ0) is 26.1. The van der Waals surface area contributed by atoms with E-state index in [1.807, 2.05) is 19.9 Å². The highest BCUT2D eigenvalue weighted by atomic mass is 35.5. The molecule has 0 spiro atoms. The number of sulfone groups is 1. The number of rotatable bonds is 8. The summed E-state index contributed by atoms with van der Waals surface area (Å²) in [5, 5.41) is 12.4. The summed E-state index contributed by atoms with van der Waals surface area (Å²) in [6.45, 7) is 6.39. The van der Waals surface area contributed by atoms with Gasteiger partial charge < -0.3 is 5.32 Å². The molecule has 0 atom stereocenters. The lowest BCUT2D eigenvalue weighted by Gasteiger charge is -2.26. The van der Waals surface area contributed by atoms with Gasteiger partial charge in [0.05, 0.1) is 22.8 Å². The van der Waals surface area contributed by atoms with Crippen molar-refractivity contribution in [1.82, 2.24) is 25.3 Å². The van der Waals surface area contributed by atoms with Crippen LogP contribution in [-0.2, 0) is 28.3 Å². The molecule has 8 nitrogen and oxygen atoms in total. The number of fused-ring (bicyclic) bond motifs is 1. The van der Waals surface area contributed by atoms with Crippen molar-refractivity contribution in [1.29, 1.82) is 0 Å². The van der Waals surface area contributed by atoms with E-state index in [1.54, 1.807) is 54.1 Å². The lowest BCUT2D eigenvalue weighted by molar-refractivity contribution is 0.0950. The Balaban J connectivity index is 1.46. The second-order valence-corrected chi connectivity index (χ2v) is 12.2. The van der Waals surface area contributed by atoms with Crippen molar-refractivity contribution in [2.24, 2.45) is 0 Å². The van der Waals surface area contributed by atoms with Crippen LogP contribution in [-0.4, -0.2) is 40.1 Å². The number of amides is 1. The number of nitrogens with one attached hydrogen (secondary N) is 1. The van der Waals surface area contributed by atoms with Gasteiger partial charge in [0.2, 0.25) is 0 Å². The van der Waals surface area contributed by atoms with Crippen molar-refractivity contribution in [2.75, 3.05) is 5.75 Å². The smallest absolute Gasteiger partial charge is 0.253 e. The van der Waals surface area contributed by atoms with Crippen LogP contribution in [0.2, 0.25) is 10.0 Å². The van der Waals surface area contributed by atoms with E-state index in [9.17, 15) is 13.2 Å². The quantitative estimate of drug-likeness (QED) is 0.339. The zero-order valence-corrected chi connectivity index (χ0v) is 22.3. The minimum absolute atomic E-state index is 0.0373. The van der Waals surface area contributed by atoms with Gasteiger partial charge in [0.1, 0.15) is 5.52 Å². The Morgan fingerprint density at radius 3 is 2.47 bits per heavy atom. The fourth-order valence-corrected chi connectivity index (χ4v) is 5.41. The van der Waals surface area contributed by atoms with Crippen molar-refractivity contribution >= 4 is 50.1 Å². The summed E-state index contributed by atoms with van der Waals surface area (Å²) in [6.07, 6.45) is 1.48. The van der Waals surface area contributed by atoms with Gasteiger partial charge in [-0.3, -0.25) is 4.79 Å². The maximum absolute atomic E-state index is 12.7. The molecule has 0 saturated heterocycles. The van der Waals surface area contributed by atoms with E-state index >= 15 is 0 Å². The number of nitrogens with zero attached hydrogens (tertiary/aromatic N) is 4. The molecular formula is C25H25Cl2N5O3S. The molecule has 1 amide bonds. The molecule has 0 aliphatic carbocycles. The van der Waals surface area contributed by atoms with E-state index in [0.29, 0.717) is 33.3 Å². The Bertz CT molecular complexity index is 1530. The van der Waals surface area contributed by atoms with Crippen molar-refractivity contribution in [3.8, 4) is 0 Å². The van der Waals surface area contributed by atoms with Crippen molar-refractivity contribution < 1.29 is 13.2 Å². The van der Waals surface area contributed by atoms with Crippen LogP contribution in [0, 0.1) is 0 Å². The molecule has 36 heavy (non-hydrogen) atoms. The Kier molecular flexibility index (Phi) is 7.36. The monoisotopic (exact) mass is 545 g/mol. The van der Waals surface area contributed by atoms with Crippen molar-refractivity contribution in [3.05, 3.63) is 81.5 Å². The van der Waals surface area contributed by atoms with Crippen LogP contribution < -0.4 is 5.32 Å². The van der Waals surface area contributed by atoms with E-state index in [2.05, 4.69) is 20.6 Å². The molecule has 4 rings (SSSR count). The summed E-state index contributed by atoms with van der Waals surface area (Å²) in [5.74, 6) is -0.285. The number of hydrogen-bond acceptors (Lipinski definition) is 6. The minimum atomic E-state index is -3.26. The Hall–Kier alpha value is -3.01. The van der Waals surface area contributed by atoms with E-state index in [4.69, 9.17) is 23.2 Å². The van der Waals surface area contributed by atoms with Crippen LogP contribution in [0.1, 0.15) is 42.3 Å². The number of carbonyl (C=O) groups is 1. The van der Waals surface area contributed by atoms with Crippen LogP contribution >= 0.6 is 23.2 Å². The van der Waals surface area contributed by atoms with Crippen LogP contribution in [0.5, 0.6) is 0 Å². The molecule has 2 aromatic carbocycles. The fourth-order valence-electron chi connectivity index (χ4n) is 3.86. The van der Waals surface area contributed by atoms with E-state index in [-0.39, 0.29) is 28.5 Å². The van der Waals surface area contributed by atoms with Gasteiger partial charge in [0.25, 0.3) is 5.91 Å². The molecule has 11 heteroatoms. The van der Waals surface area contributed by atoms with Gasteiger partial charge in [-0.1, -0.05) is 67.4 Å². The maximum atomic E-state index is 12.7. The highest BCUT2D eigenvalue weighted by Gasteiger charge is 2.26. The SMILES string of the molecule is CCS(=O)(=O)c1ccc(CNC(=O)c2cnc3c(c2)nnn3CC(C)(C)c2ccc(Cl)cc2Cl)cc1. The summed E-state index contributed by atoms with van der Waals surface area (Å²) in [4.78, 5) is 17.4. The molecule has 2 aromatic heterocycles. The molecule has 0 unspecified atom stereocenters. The van der Waals surface area contributed by atoms with E-state index in [1.165, 1.54) is 6.20 Å². The van der Waals surface area contributed by atoms with Gasteiger partial charge in [0.15, 0.2) is 15.5 Å². The first-order valence-electron chi connectivity index (χ1n) is 11.2. The normalized spacial score (nSPS) is 12.1. The molecule has 0 radical (unpaired) electrons. The van der Waals surface area contributed by atoms with E-state index < -0.39 is 9.84 Å². The third-order valence-corrected chi connectivity index (χ3v) is 8.23. The van der Waals surface area contributed by atoms with Crippen LogP contribution in [0.4, 0.5) is 0 Å². The van der Waals surface area contributed by atoms with Crippen LogP contribution in [0.15, 0.2) is 59.6 Å². The van der Waals surface area contributed by atoms with Crippen molar-refractivity contribution in [2.45, 2.75) is 44.2 Å². The molecule has 1 N–H and O–H groups in total. The second kappa shape index (κ2) is 10.2. The standard InChI is InChI=1S/C25H25Cl2N5O3S/c1-4-36(34,35)19-8-5-16(6-9-19)13-29-24(33)17-11-22-23(28-14-17)32(31-30-22)15-25(2,3)20-10-7-18(26)12-21(20)27/h5-12,14H,4,13,15H2,1-3H3,(H,29,33). The molecule has 0 aliphatic rings. The highest BCUT2D eigenvalue weighted by Crippen LogP contribution is 2.33. The second-order valence-electron chi connectivity index (χ2n) is 9.05. The fraction of sp³-hybridized carbons (Fsp3) is 0.280. The van der Waals surface area contributed by atoms with Crippen LogP contribution in [0.3, 0.4) is 0 Å². The number of pyridine rings is 1. The lowest BCUT2D eigenvalue weighted by atomic mass is 9.84. The Morgan fingerprint density at radius 2 is 1.81 bits per heavy atom. The largest absolute Gasteiger partial charge is 0.348 e. The number of halogens is 2. The predicted molar refractivity (Wildman–Crippen MR) is 140 cm³/mol. The first-order valence-corrected chi connectivity index (χ1v) is 13.7. The predicted octanol–water partition coefficient (Wildman–Crippen LogP) is 4.83. The molecule has 0 saturated carbocycles. The third-order valence-electron chi connectivity index (χ3n) is 5.94. The Labute approximate surface area is 219 Å². The van der Waals surface area contributed by atoms with Gasteiger partial charge in [-0.15, -0.1) is 5.10 Å². The molecule has 0 bridgehead atoms. The average molecular weight is 546 g/mol. The lowest BCUT2D eigenvalue weighted by Crippen LogP contribution is -2.26. The summed E-state index contributed by atoms with van der Waals surface area (Å²) in [5.41, 5.74) is 2.72. The molecule has 0 fully saturated rings. The molecule has 4 aromatic rings. The van der Waals surface area contributed by atoms with Gasteiger partial charge in [-0.25, -0.2) is 18.1 Å².